The Morgan fingerprint density at radius 1 is 1.15 bits per heavy atom. The summed E-state index contributed by atoms with van der Waals surface area (Å²) >= 11 is 0. The fraction of sp³-hybridized carbons (Fsp3) is 0.429. The first-order valence-corrected chi connectivity index (χ1v) is 6.61. The van der Waals surface area contributed by atoms with Crippen molar-refractivity contribution < 1.29 is 19.1 Å². The van der Waals surface area contributed by atoms with Gasteiger partial charge in [-0.3, -0.25) is 4.79 Å². The van der Waals surface area contributed by atoms with Gasteiger partial charge in [0.25, 0.3) is 0 Å². The number of carboxylic acids is 1. The molecule has 6 heteroatoms. The molecule has 0 saturated heterocycles. The van der Waals surface area contributed by atoms with Crippen molar-refractivity contribution in [1.82, 2.24) is 5.32 Å². The smallest absolute Gasteiger partial charge is 0.319 e. The number of para-hydroxylation sites is 1. The number of aliphatic carboxylic acids is 1. The molecular formula is C14H17FN2O3. The van der Waals surface area contributed by atoms with Crippen LogP contribution in [0.15, 0.2) is 24.3 Å². The predicted molar refractivity (Wildman–Crippen MR) is 71.9 cm³/mol. The molecule has 0 heterocycles. The minimum absolute atomic E-state index is 0.0580. The topological polar surface area (TPSA) is 78.4 Å². The first-order valence-electron chi connectivity index (χ1n) is 6.61. The average molecular weight is 280 g/mol. The molecule has 1 aliphatic rings. The molecule has 0 spiro atoms. The lowest BCUT2D eigenvalue weighted by Crippen LogP contribution is -2.41. The standard InChI is InChI=1S/C14H17FN2O3/c15-11-3-1-2-4-12(11)17-14(20)16-10-7-5-9(6-8-10)13(18)19/h1-4,9-10H,5-8H2,(H,18,19)(H2,16,17,20). The molecule has 1 fully saturated rings. The molecule has 1 saturated carbocycles. The Bertz CT molecular complexity index is 499. The van der Waals surface area contributed by atoms with Crippen LogP contribution in [0.4, 0.5) is 14.9 Å². The third-order valence-corrected chi connectivity index (χ3v) is 3.53. The van der Waals surface area contributed by atoms with Gasteiger partial charge in [-0.1, -0.05) is 12.1 Å². The molecule has 0 aromatic heterocycles. The van der Waals surface area contributed by atoms with Crippen molar-refractivity contribution in [3.05, 3.63) is 30.1 Å². The van der Waals surface area contributed by atoms with Crippen molar-refractivity contribution in [3.8, 4) is 0 Å². The Labute approximate surface area is 116 Å². The highest BCUT2D eigenvalue weighted by molar-refractivity contribution is 5.89. The fourth-order valence-electron chi connectivity index (χ4n) is 2.39. The van der Waals surface area contributed by atoms with Crippen LogP contribution < -0.4 is 10.6 Å². The van der Waals surface area contributed by atoms with Crippen LogP contribution in [0.5, 0.6) is 0 Å². The number of anilines is 1. The zero-order valence-corrected chi connectivity index (χ0v) is 10.9. The normalized spacial score (nSPS) is 22.1. The highest BCUT2D eigenvalue weighted by Gasteiger charge is 2.26. The molecule has 0 aliphatic heterocycles. The first-order chi connectivity index (χ1) is 9.56. The Kier molecular flexibility index (Phi) is 4.55. The summed E-state index contributed by atoms with van der Waals surface area (Å²) < 4.78 is 13.4. The van der Waals surface area contributed by atoms with Crippen LogP contribution in [-0.4, -0.2) is 23.1 Å². The number of halogens is 1. The maximum Gasteiger partial charge on any atom is 0.319 e. The van der Waals surface area contributed by atoms with Crippen LogP contribution >= 0.6 is 0 Å². The lowest BCUT2D eigenvalue weighted by molar-refractivity contribution is -0.142. The number of carbonyl (C=O) groups is 2. The summed E-state index contributed by atoms with van der Waals surface area (Å²) in [6.07, 6.45) is 2.36. The van der Waals surface area contributed by atoms with Crippen molar-refractivity contribution in [3.63, 3.8) is 0 Å². The minimum Gasteiger partial charge on any atom is -0.481 e. The van der Waals surface area contributed by atoms with E-state index < -0.39 is 17.8 Å². The highest BCUT2D eigenvalue weighted by Crippen LogP contribution is 2.24. The molecule has 2 rings (SSSR count). The monoisotopic (exact) mass is 280 g/mol. The zero-order chi connectivity index (χ0) is 14.5. The van der Waals surface area contributed by atoms with Gasteiger partial charge in [-0.05, 0) is 37.8 Å². The number of nitrogens with one attached hydrogen (secondary N) is 2. The molecule has 1 aromatic carbocycles. The van der Waals surface area contributed by atoms with E-state index in [4.69, 9.17) is 5.11 Å². The molecular weight excluding hydrogens is 263 g/mol. The van der Waals surface area contributed by atoms with E-state index in [2.05, 4.69) is 10.6 Å². The molecule has 1 aromatic rings. The van der Waals surface area contributed by atoms with Gasteiger partial charge < -0.3 is 15.7 Å². The van der Waals surface area contributed by atoms with E-state index in [-0.39, 0.29) is 17.6 Å². The Morgan fingerprint density at radius 3 is 2.40 bits per heavy atom. The SMILES string of the molecule is O=C(Nc1ccccc1F)NC1CCC(C(=O)O)CC1. The van der Waals surface area contributed by atoms with E-state index in [0.29, 0.717) is 25.7 Å². The van der Waals surface area contributed by atoms with E-state index in [1.165, 1.54) is 12.1 Å². The maximum absolute atomic E-state index is 13.4. The molecule has 2 amide bonds. The molecule has 20 heavy (non-hydrogen) atoms. The van der Waals surface area contributed by atoms with Crippen LogP contribution in [-0.2, 0) is 4.79 Å². The maximum atomic E-state index is 13.4. The summed E-state index contributed by atoms with van der Waals surface area (Å²) in [5.41, 5.74) is 0.129. The van der Waals surface area contributed by atoms with Gasteiger partial charge in [0.05, 0.1) is 11.6 Å². The number of carbonyl (C=O) groups excluding carboxylic acids is 1. The summed E-state index contributed by atoms with van der Waals surface area (Å²) in [6, 6.07) is 5.41. The van der Waals surface area contributed by atoms with E-state index >= 15 is 0 Å². The number of hydrogen-bond donors (Lipinski definition) is 3. The van der Waals surface area contributed by atoms with Crippen LogP contribution in [0, 0.1) is 11.7 Å². The second-order valence-electron chi connectivity index (χ2n) is 4.97. The average Bonchev–Trinajstić information content (AvgIpc) is 2.42. The van der Waals surface area contributed by atoms with Gasteiger partial charge in [-0.2, -0.15) is 0 Å². The Balaban J connectivity index is 1.81. The molecule has 108 valence electrons. The van der Waals surface area contributed by atoms with E-state index in [0.717, 1.165) is 0 Å². The quantitative estimate of drug-likeness (QED) is 0.796. The molecule has 5 nitrogen and oxygen atoms in total. The fourth-order valence-corrected chi connectivity index (χ4v) is 2.39. The lowest BCUT2D eigenvalue weighted by Gasteiger charge is -2.26. The van der Waals surface area contributed by atoms with Gasteiger partial charge >= 0.3 is 12.0 Å². The third kappa shape index (κ3) is 3.69. The van der Waals surface area contributed by atoms with Crippen LogP contribution in [0.25, 0.3) is 0 Å². The molecule has 0 unspecified atom stereocenters. The van der Waals surface area contributed by atoms with Crippen LogP contribution in [0.2, 0.25) is 0 Å². The Hall–Kier alpha value is -2.11. The van der Waals surface area contributed by atoms with Crippen molar-refractivity contribution in [2.75, 3.05) is 5.32 Å². The largest absolute Gasteiger partial charge is 0.481 e. The second kappa shape index (κ2) is 6.36. The van der Waals surface area contributed by atoms with E-state index in [1.807, 2.05) is 0 Å². The van der Waals surface area contributed by atoms with Gasteiger partial charge in [-0.25, -0.2) is 9.18 Å². The van der Waals surface area contributed by atoms with Crippen molar-refractivity contribution in [1.29, 1.82) is 0 Å². The summed E-state index contributed by atoms with van der Waals surface area (Å²) in [6.45, 7) is 0. The highest BCUT2D eigenvalue weighted by atomic mass is 19.1. The summed E-state index contributed by atoms with van der Waals surface area (Å²) in [5.74, 6) is -1.58. The number of benzene rings is 1. The van der Waals surface area contributed by atoms with E-state index in [9.17, 15) is 14.0 Å². The van der Waals surface area contributed by atoms with Gasteiger partial charge in [0, 0.05) is 6.04 Å². The number of urea groups is 1. The first kappa shape index (κ1) is 14.3. The van der Waals surface area contributed by atoms with Crippen molar-refractivity contribution in [2.45, 2.75) is 31.7 Å². The third-order valence-electron chi connectivity index (χ3n) is 3.53. The second-order valence-corrected chi connectivity index (χ2v) is 4.97. The van der Waals surface area contributed by atoms with Gasteiger partial charge in [0.15, 0.2) is 0 Å². The minimum atomic E-state index is -0.778. The summed E-state index contributed by atoms with van der Waals surface area (Å²) in [4.78, 5) is 22.6. The van der Waals surface area contributed by atoms with Crippen LogP contribution in [0.1, 0.15) is 25.7 Å². The lowest BCUT2D eigenvalue weighted by atomic mass is 9.86. The molecule has 3 N–H and O–H groups in total. The van der Waals surface area contributed by atoms with E-state index in [1.54, 1.807) is 12.1 Å². The molecule has 0 radical (unpaired) electrons. The zero-order valence-electron chi connectivity index (χ0n) is 10.9. The van der Waals surface area contributed by atoms with Gasteiger partial charge in [0.2, 0.25) is 0 Å². The number of rotatable bonds is 3. The summed E-state index contributed by atoms with van der Waals surface area (Å²) in [7, 11) is 0. The summed E-state index contributed by atoms with van der Waals surface area (Å²) in [5, 5.41) is 14.1. The van der Waals surface area contributed by atoms with Crippen LogP contribution in [0.3, 0.4) is 0 Å². The van der Waals surface area contributed by atoms with Crippen molar-refractivity contribution >= 4 is 17.7 Å². The van der Waals surface area contributed by atoms with Gasteiger partial charge in [0.1, 0.15) is 5.82 Å². The molecule has 1 aliphatic carbocycles. The van der Waals surface area contributed by atoms with Crippen molar-refractivity contribution in [2.24, 2.45) is 5.92 Å². The van der Waals surface area contributed by atoms with Gasteiger partial charge in [-0.15, -0.1) is 0 Å². The predicted octanol–water partition coefficient (Wildman–Crippen LogP) is 2.59. The number of carboxylic acid groups (broad SMARTS) is 1. The Morgan fingerprint density at radius 2 is 1.80 bits per heavy atom. The molecule has 0 atom stereocenters. The number of hydrogen-bond acceptors (Lipinski definition) is 2. The number of amides is 2. The molecule has 0 bridgehead atoms.